The molecule has 21 heavy (non-hydrogen) atoms. The van der Waals surface area contributed by atoms with Gasteiger partial charge in [0.05, 0.1) is 28.6 Å². The molecule has 0 bridgehead atoms. The predicted octanol–water partition coefficient (Wildman–Crippen LogP) is 3.85. The summed E-state index contributed by atoms with van der Waals surface area (Å²) in [5, 5.41) is 7.80. The van der Waals surface area contributed by atoms with Gasteiger partial charge in [0.25, 0.3) is 0 Å². The van der Waals surface area contributed by atoms with Crippen molar-refractivity contribution in [3.05, 3.63) is 46.2 Å². The van der Waals surface area contributed by atoms with Gasteiger partial charge in [-0.3, -0.25) is 9.67 Å². The molecule has 0 aliphatic rings. The monoisotopic (exact) mass is 354 g/mol. The van der Waals surface area contributed by atoms with Crippen molar-refractivity contribution in [2.75, 3.05) is 6.54 Å². The molecule has 2 rings (SSSR count). The summed E-state index contributed by atoms with van der Waals surface area (Å²) in [4.78, 5) is 3.83. The van der Waals surface area contributed by atoms with Crippen LogP contribution in [0.4, 0.5) is 4.39 Å². The Bertz CT molecular complexity index is 597. The van der Waals surface area contributed by atoms with Gasteiger partial charge in [-0.1, -0.05) is 6.92 Å². The van der Waals surface area contributed by atoms with Gasteiger partial charge < -0.3 is 5.32 Å². The molecule has 1 N–H and O–H groups in total. The molecule has 0 aliphatic carbocycles. The molecule has 6 heteroatoms. The summed E-state index contributed by atoms with van der Waals surface area (Å²) in [6.45, 7) is 7.00. The number of halogens is 2. The molecule has 0 amide bonds. The lowest BCUT2D eigenvalue weighted by Gasteiger charge is -2.23. The molecule has 4 nitrogen and oxygen atoms in total. The fraction of sp³-hybridized carbons (Fsp3) is 0.467. The minimum atomic E-state index is -0.311. The zero-order valence-electron chi connectivity index (χ0n) is 12.5. The molecule has 2 aromatic heterocycles. The van der Waals surface area contributed by atoms with Gasteiger partial charge in [-0.05, 0) is 48.8 Å². The van der Waals surface area contributed by atoms with Gasteiger partial charge in [0.15, 0.2) is 0 Å². The average Bonchev–Trinajstić information content (AvgIpc) is 2.83. The maximum Gasteiger partial charge on any atom is 0.146 e. The first kappa shape index (κ1) is 16.1. The molecule has 0 fully saturated rings. The van der Waals surface area contributed by atoms with Crippen molar-refractivity contribution in [2.24, 2.45) is 0 Å². The molecule has 0 saturated heterocycles. The van der Waals surface area contributed by atoms with Crippen molar-refractivity contribution in [3.8, 4) is 0 Å². The maximum absolute atomic E-state index is 14.2. The van der Waals surface area contributed by atoms with Crippen LogP contribution in [0.3, 0.4) is 0 Å². The van der Waals surface area contributed by atoms with E-state index in [2.05, 4.69) is 52.1 Å². The van der Waals surface area contributed by atoms with E-state index in [9.17, 15) is 4.39 Å². The van der Waals surface area contributed by atoms with Crippen molar-refractivity contribution >= 4 is 15.9 Å². The second kappa shape index (κ2) is 7.13. The third kappa shape index (κ3) is 3.49. The van der Waals surface area contributed by atoms with Crippen molar-refractivity contribution in [3.63, 3.8) is 0 Å². The second-order valence-corrected chi connectivity index (χ2v) is 6.05. The van der Waals surface area contributed by atoms with Crippen LogP contribution in [0, 0.1) is 5.82 Å². The lowest BCUT2D eigenvalue weighted by Crippen LogP contribution is -2.27. The summed E-state index contributed by atoms with van der Waals surface area (Å²) in [6.07, 6.45) is 5.59. The summed E-state index contributed by atoms with van der Waals surface area (Å²) in [7, 11) is 0. The van der Waals surface area contributed by atoms with Crippen LogP contribution in [0.5, 0.6) is 0 Å². The lowest BCUT2D eigenvalue weighted by atomic mass is 10.0. The van der Waals surface area contributed by atoms with Crippen molar-refractivity contribution in [1.29, 1.82) is 0 Å². The van der Waals surface area contributed by atoms with Crippen molar-refractivity contribution in [1.82, 2.24) is 20.1 Å². The minimum absolute atomic E-state index is 0.196. The molecule has 0 spiro atoms. The van der Waals surface area contributed by atoms with Gasteiger partial charge >= 0.3 is 0 Å². The topological polar surface area (TPSA) is 42.7 Å². The number of hydrogen-bond donors (Lipinski definition) is 1. The Labute approximate surface area is 132 Å². The van der Waals surface area contributed by atoms with Gasteiger partial charge in [0.1, 0.15) is 5.82 Å². The average molecular weight is 355 g/mol. The van der Waals surface area contributed by atoms with Gasteiger partial charge in [-0.15, -0.1) is 0 Å². The van der Waals surface area contributed by atoms with Gasteiger partial charge in [0.2, 0.25) is 0 Å². The van der Waals surface area contributed by atoms with E-state index in [0.717, 1.165) is 23.1 Å². The summed E-state index contributed by atoms with van der Waals surface area (Å²) >= 11 is 3.54. The lowest BCUT2D eigenvalue weighted by molar-refractivity contribution is 0.460. The van der Waals surface area contributed by atoms with Crippen LogP contribution in [0.25, 0.3) is 0 Å². The zero-order valence-corrected chi connectivity index (χ0v) is 14.1. The Morgan fingerprint density at radius 2 is 2.14 bits per heavy atom. The third-order valence-corrected chi connectivity index (χ3v) is 3.87. The predicted molar refractivity (Wildman–Crippen MR) is 84.6 cm³/mol. The Balaban J connectivity index is 2.51. The second-order valence-electron chi connectivity index (χ2n) is 5.20. The summed E-state index contributed by atoms with van der Waals surface area (Å²) in [5.41, 5.74) is 1.52. The number of rotatable bonds is 6. The molecular weight excluding hydrogens is 335 g/mol. The van der Waals surface area contributed by atoms with Crippen LogP contribution in [-0.4, -0.2) is 21.3 Å². The Hall–Kier alpha value is -1.27. The molecule has 0 saturated carbocycles. The first-order valence-corrected chi connectivity index (χ1v) is 7.91. The smallest absolute Gasteiger partial charge is 0.146 e. The van der Waals surface area contributed by atoms with Crippen molar-refractivity contribution in [2.45, 2.75) is 39.3 Å². The molecule has 0 aliphatic heterocycles. The number of hydrogen-bond acceptors (Lipinski definition) is 3. The quantitative estimate of drug-likeness (QED) is 0.856. The molecule has 2 heterocycles. The number of nitrogens with zero attached hydrogens (tertiary/aromatic N) is 3. The fourth-order valence-electron chi connectivity index (χ4n) is 2.29. The van der Waals surface area contributed by atoms with Crippen LogP contribution in [-0.2, 0) is 0 Å². The van der Waals surface area contributed by atoms with Gasteiger partial charge in [0, 0.05) is 17.8 Å². The molecule has 2 aromatic rings. The third-order valence-electron chi connectivity index (χ3n) is 3.26. The zero-order chi connectivity index (χ0) is 15.4. The maximum atomic E-state index is 14.2. The highest BCUT2D eigenvalue weighted by Crippen LogP contribution is 2.31. The van der Waals surface area contributed by atoms with E-state index in [1.54, 1.807) is 18.5 Å². The largest absolute Gasteiger partial charge is 0.305 e. The standard InChI is InChI=1S/C15H20BrFN4/c1-4-6-19-14(11-5-7-18-9-13(11)17)15-12(16)8-20-21(15)10(2)3/h5,7-10,14,19H,4,6H2,1-3H3. The Morgan fingerprint density at radius 1 is 1.38 bits per heavy atom. The Kier molecular flexibility index (Phi) is 5.47. The molecule has 114 valence electrons. The van der Waals surface area contributed by atoms with Crippen molar-refractivity contribution < 1.29 is 4.39 Å². The van der Waals surface area contributed by atoms with Crippen LogP contribution in [0.2, 0.25) is 0 Å². The first-order chi connectivity index (χ1) is 10.1. The highest BCUT2D eigenvalue weighted by molar-refractivity contribution is 9.10. The molecule has 1 atom stereocenters. The summed E-state index contributed by atoms with van der Waals surface area (Å²) in [5.74, 6) is -0.311. The van der Waals surface area contributed by atoms with E-state index in [4.69, 9.17) is 0 Å². The van der Waals surface area contributed by atoms with E-state index in [0.29, 0.717) is 5.56 Å². The van der Waals surface area contributed by atoms with E-state index >= 15 is 0 Å². The first-order valence-electron chi connectivity index (χ1n) is 7.12. The van der Waals surface area contributed by atoms with Gasteiger partial charge in [-0.2, -0.15) is 5.10 Å². The number of nitrogens with one attached hydrogen (secondary N) is 1. The van der Waals surface area contributed by atoms with E-state index in [-0.39, 0.29) is 17.9 Å². The number of aromatic nitrogens is 3. The SMILES string of the molecule is CCCNC(c1ccncc1F)c1c(Br)cnn1C(C)C. The van der Waals surface area contributed by atoms with Crippen LogP contribution in [0.15, 0.2) is 29.1 Å². The summed E-state index contributed by atoms with van der Waals surface area (Å²) < 4.78 is 17.0. The number of pyridine rings is 1. The van der Waals surface area contributed by atoms with Gasteiger partial charge in [-0.25, -0.2) is 4.39 Å². The van der Waals surface area contributed by atoms with E-state index < -0.39 is 0 Å². The van der Waals surface area contributed by atoms with Crippen LogP contribution in [0.1, 0.15) is 50.5 Å². The highest BCUT2D eigenvalue weighted by Gasteiger charge is 2.24. The molecular formula is C15H20BrFN4. The minimum Gasteiger partial charge on any atom is -0.305 e. The fourth-order valence-corrected chi connectivity index (χ4v) is 2.80. The molecule has 1 unspecified atom stereocenters. The van der Waals surface area contributed by atoms with E-state index in [1.807, 2.05) is 4.68 Å². The highest BCUT2D eigenvalue weighted by atomic mass is 79.9. The summed E-state index contributed by atoms with van der Waals surface area (Å²) in [6, 6.07) is 1.65. The van der Waals surface area contributed by atoms with E-state index in [1.165, 1.54) is 6.20 Å². The normalized spacial score (nSPS) is 12.9. The Morgan fingerprint density at radius 3 is 2.76 bits per heavy atom. The molecule has 0 aromatic carbocycles. The molecule has 0 radical (unpaired) electrons. The van der Waals surface area contributed by atoms with Crippen LogP contribution < -0.4 is 5.32 Å². The van der Waals surface area contributed by atoms with Crippen LogP contribution >= 0.6 is 15.9 Å².